The molecule has 2 rings (SSSR count). The third-order valence-corrected chi connectivity index (χ3v) is 3.52. The van der Waals surface area contributed by atoms with Crippen LogP contribution in [0.3, 0.4) is 0 Å². The fraction of sp³-hybridized carbons (Fsp3) is 0.167. The molecule has 0 aliphatic carbocycles. The molecule has 0 aliphatic rings. The monoisotopic (exact) mass is 373 g/mol. The number of aromatic nitrogens is 2. The first-order chi connectivity index (χ1) is 8.56. The summed E-state index contributed by atoms with van der Waals surface area (Å²) in [5, 5.41) is 0. The molecule has 0 saturated heterocycles. The Bertz CT molecular complexity index is 546. The van der Waals surface area contributed by atoms with E-state index >= 15 is 0 Å². The average Bonchev–Trinajstić information content (AvgIpc) is 2.33. The minimum Gasteiger partial charge on any atom is -0.340 e. The van der Waals surface area contributed by atoms with Crippen LogP contribution in [-0.2, 0) is 6.54 Å². The van der Waals surface area contributed by atoms with Crippen LogP contribution in [0.5, 0.6) is 0 Å². The molecule has 0 bridgehead atoms. The largest absolute Gasteiger partial charge is 0.340 e. The Labute approximate surface area is 121 Å². The van der Waals surface area contributed by atoms with E-state index in [0.29, 0.717) is 12.5 Å². The summed E-state index contributed by atoms with van der Waals surface area (Å²) in [4.78, 5) is 10.3. The molecule has 0 unspecified atom stereocenters. The average molecular weight is 375 g/mol. The molecule has 0 aliphatic heterocycles. The summed E-state index contributed by atoms with van der Waals surface area (Å²) in [6.07, 6.45) is 3.39. The molecule has 1 heterocycles. The van der Waals surface area contributed by atoms with Gasteiger partial charge in [0.15, 0.2) is 0 Å². The molecule has 1 aromatic carbocycles. The van der Waals surface area contributed by atoms with Gasteiger partial charge in [-0.05, 0) is 33.6 Å². The number of hydrogen-bond donors (Lipinski definition) is 0. The lowest BCUT2D eigenvalue weighted by Crippen LogP contribution is -2.19. The predicted octanol–water partition coefficient (Wildman–Crippen LogP) is 3.78. The van der Waals surface area contributed by atoms with E-state index in [1.165, 1.54) is 12.1 Å². The Balaban J connectivity index is 2.15. The Morgan fingerprint density at radius 2 is 1.89 bits per heavy atom. The number of rotatable bonds is 3. The quantitative estimate of drug-likeness (QED) is 0.818. The van der Waals surface area contributed by atoms with E-state index in [-0.39, 0.29) is 5.82 Å². The summed E-state index contributed by atoms with van der Waals surface area (Å²) in [6, 6.07) is 4.64. The highest BCUT2D eigenvalue weighted by atomic mass is 79.9. The minimum atomic E-state index is -0.256. The standard InChI is InChI=1S/C12H10Br2FN3/c1-18(12-16-5-9(13)6-17-12)7-8-2-3-10(15)4-11(8)14/h2-6H,7H2,1H3. The molecule has 0 N–H and O–H groups in total. The molecule has 1 aromatic heterocycles. The molecule has 2 aromatic rings. The van der Waals surface area contributed by atoms with Crippen LogP contribution >= 0.6 is 31.9 Å². The van der Waals surface area contributed by atoms with E-state index in [2.05, 4.69) is 41.8 Å². The second-order valence-corrected chi connectivity index (χ2v) is 5.56. The van der Waals surface area contributed by atoms with Gasteiger partial charge < -0.3 is 4.90 Å². The summed E-state index contributed by atoms with van der Waals surface area (Å²) in [5.41, 5.74) is 0.977. The van der Waals surface area contributed by atoms with Crippen molar-refractivity contribution in [2.45, 2.75) is 6.54 Å². The van der Waals surface area contributed by atoms with E-state index in [1.54, 1.807) is 18.5 Å². The fourth-order valence-electron chi connectivity index (χ4n) is 1.48. The first-order valence-corrected chi connectivity index (χ1v) is 6.77. The molecule has 0 fully saturated rings. The Kier molecular flexibility index (Phi) is 4.29. The summed E-state index contributed by atoms with van der Waals surface area (Å²) >= 11 is 6.63. The summed E-state index contributed by atoms with van der Waals surface area (Å²) < 4.78 is 14.6. The van der Waals surface area contributed by atoms with E-state index in [9.17, 15) is 4.39 Å². The number of nitrogens with zero attached hydrogens (tertiary/aromatic N) is 3. The van der Waals surface area contributed by atoms with Gasteiger partial charge in [0, 0.05) is 30.5 Å². The Morgan fingerprint density at radius 1 is 1.22 bits per heavy atom. The van der Waals surface area contributed by atoms with Gasteiger partial charge in [-0.25, -0.2) is 14.4 Å². The first kappa shape index (κ1) is 13.4. The SMILES string of the molecule is CN(Cc1ccc(F)cc1Br)c1ncc(Br)cn1. The van der Waals surface area contributed by atoms with Crippen LogP contribution in [0.2, 0.25) is 0 Å². The van der Waals surface area contributed by atoms with Crippen LogP contribution < -0.4 is 4.90 Å². The minimum absolute atomic E-state index is 0.256. The van der Waals surface area contributed by atoms with Crippen LogP contribution in [0.1, 0.15) is 5.56 Å². The van der Waals surface area contributed by atoms with Gasteiger partial charge in [0.05, 0.1) is 4.47 Å². The summed E-state index contributed by atoms with van der Waals surface area (Å²) in [5.74, 6) is 0.364. The third kappa shape index (κ3) is 3.26. The van der Waals surface area contributed by atoms with Crippen molar-refractivity contribution in [3.63, 3.8) is 0 Å². The lowest BCUT2D eigenvalue weighted by molar-refractivity contribution is 0.625. The van der Waals surface area contributed by atoms with E-state index in [4.69, 9.17) is 0 Å². The van der Waals surface area contributed by atoms with Gasteiger partial charge >= 0.3 is 0 Å². The molecular weight excluding hydrogens is 365 g/mol. The van der Waals surface area contributed by atoms with Crippen LogP contribution in [0.4, 0.5) is 10.3 Å². The van der Waals surface area contributed by atoms with Crippen molar-refractivity contribution in [1.29, 1.82) is 0 Å². The lowest BCUT2D eigenvalue weighted by Gasteiger charge is -2.17. The smallest absolute Gasteiger partial charge is 0.225 e. The van der Waals surface area contributed by atoms with E-state index < -0.39 is 0 Å². The molecule has 0 amide bonds. The Hall–Kier alpha value is -1.01. The van der Waals surface area contributed by atoms with Gasteiger partial charge in [-0.1, -0.05) is 22.0 Å². The molecule has 6 heteroatoms. The van der Waals surface area contributed by atoms with Crippen LogP contribution in [-0.4, -0.2) is 17.0 Å². The maximum atomic E-state index is 13.0. The van der Waals surface area contributed by atoms with Crippen molar-refractivity contribution in [2.24, 2.45) is 0 Å². The topological polar surface area (TPSA) is 29.0 Å². The predicted molar refractivity (Wildman–Crippen MR) is 75.9 cm³/mol. The molecule has 0 radical (unpaired) electrons. The zero-order chi connectivity index (χ0) is 13.1. The van der Waals surface area contributed by atoms with Crippen molar-refractivity contribution >= 4 is 37.8 Å². The van der Waals surface area contributed by atoms with Crippen molar-refractivity contribution in [2.75, 3.05) is 11.9 Å². The highest BCUT2D eigenvalue weighted by Crippen LogP contribution is 2.20. The van der Waals surface area contributed by atoms with E-state index in [0.717, 1.165) is 14.5 Å². The zero-order valence-corrected chi connectivity index (χ0v) is 12.7. The van der Waals surface area contributed by atoms with Crippen molar-refractivity contribution in [3.05, 3.63) is 50.9 Å². The number of hydrogen-bond acceptors (Lipinski definition) is 3. The number of benzene rings is 1. The molecule has 0 saturated carbocycles. The Morgan fingerprint density at radius 3 is 2.50 bits per heavy atom. The first-order valence-electron chi connectivity index (χ1n) is 5.19. The number of halogens is 3. The highest BCUT2D eigenvalue weighted by Gasteiger charge is 2.08. The van der Waals surface area contributed by atoms with E-state index in [1.807, 2.05) is 11.9 Å². The van der Waals surface area contributed by atoms with Crippen LogP contribution in [0.15, 0.2) is 39.5 Å². The number of anilines is 1. The molecule has 3 nitrogen and oxygen atoms in total. The van der Waals surface area contributed by atoms with Crippen LogP contribution in [0, 0.1) is 5.82 Å². The molecule has 0 atom stereocenters. The summed E-state index contributed by atoms with van der Waals surface area (Å²) in [6.45, 7) is 0.600. The second-order valence-electron chi connectivity index (χ2n) is 3.79. The van der Waals surface area contributed by atoms with Crippen molar-refractivity contribution < 1.29 is 4.39 Å². The molecular formula is C12H10Br2FN3. The van der Waals surface area contributed by atoms with Gasteiger partial charge in [0.25, 0.3) is 0 Å². The fourth-order valence-corrected chi connectivity index (χ4v) is 2.16. The van der Waals surface area contributed by atoms with Crippen molar-refractivity contribution in [3.8, 4) is 0 Å². The summed E-state index contributed by atoms with van der Waals surface area (Å²) in [7, 11) is 1.89. The maximum absolute atomic E-state index is 13.0. The van der Waals surface area contributed by atoms with Crippen molar-refractivity contribution in [1.82, 2.24) is 9.97 Å². The van der Waals surface area contributed by atoms with Gasteiger partial charge in [0.2, 0.25) is 5.95 Å². The third-order valence-electron chi connectivity index (χ3n) is 2.37. The molecule has 0 spiro atoms. The second kappa shape index (κ2) is 5.75. The highest BCUT2D eigenvalue weighted by molar-refractivity contribution is 9.10. The van der Waals surface area contributed by atoms with Gasteiger partial charge in [0.1, 0.15) is 5.82 Å². The maximum Gasteiger partial charge on any atom is 0.225 e. The lowest BCUT2D eigenvalue weighted by atomic mass is 10.2. The molecule has 18 heavy (non-hydrogen) atoms. The van der Waals surface area contributed by atoms with Gasteiger partial charge in [-0.2, -0.15) is 0 Å². The normalized spacial score (nSPS) is 10.4. The zero-order valence-electron chi connectivity index (χ0n) is 9.57. The van der Waals surface area contributed by atoms with Crippen LogP contribution in [0.25, 0.3) is 0 Å². The van der Waals surface area contributed by atoms with Gasteiger partial charge in [-0.15, -0.1) is 0 Å². The van der Waals surface area contributed by atoms with Gasteiger partial charge in [-0.3, -0.25) is 0 Å². The molecule has 94 valence electrons.